The van der Waals surface area contributed by atoms with Gasteiger partial charge in [0.1, 0.15) is 0 Å². The number of nitrogens with zero attached hydrogens (tertiary/aromatic N) is 1. The summed E-state index contributed by atoms with van der Waals surface area (Å²) < 4.78 is 0. The number of carbonyl (C=O) groups is 1. The zero-order chi connectivity index (χ0) is 11.9. The Morgan fingerprint density at radius 1 is 1.35 bits per heavy atom. The van der Waals surface area contributed by atoms with Crippen molar-refractivity contribution in [2.24, 2.45) is 5.92 Å². The van der Waals surface area contributed by atoms with Gasteiger partial charge in [-0.1, -0.05) is 30.3 Å². The molecule has 2 atom stereocenters. The van der Waals surface area contributed by atoms with Crippen LogP contribution in [0.15, 0.2) is 30.3 Å². The average molecular weight is 247 g/mol. The van der Waals surface area contributed by atoms with Gasteiger partial charge in [0.2, 0.25) is 5.91 Å². The van der Waals surface area contributed by atoms with Crippen LogP contribution in [0.4, 0.5) is 0 Å². The van der Waals surface area contributed by atoms with E-state index in [1.165, 1.54) is 5.56 Å². The molecule has 17 heavy (non-hydrogen) atoms. The highest BCUT2D eigenvalue weighted by Crippen LogP contribution is 2.47. The van der Waals surface area contributed by atoms with E-state index in [1.54, 1.807) is 0 Å². The van der Waals surface area contributed by atoms with Crippen molar-refractivity contribution < 1.29 is 4.79 Å². The summed E-state index contributed by atoms with van der Waals surface area (Å²) in [6.45, 7) is 0.889. The second-order valence-electron chi connectivity index (χ2n) is 5.10. The first-order valence-corrected chi connectivity index (χ1v) is 6.71. The molecule has 0 aromatic heterocycles. The molecule has 90 valence electrons. The number of hydrogen-bond acceptors (Lipinski definition) is 2. The molecule has 2 heterocycles. The Morgan fingerprint density at radius 3 is 2.88 bits per heavy atom. The molecule has 2 aliphatic heterocycles. The molecular formula is C14H17NOS. The molecule has 2 aliphatic rings. The highest BCUT2D eigenvalue weighted by atomic mass is 32.1. The maximum atomic E-state index is 11.7. The number of rotatable bonds is 2. The fraction of sp³-hybridized carbons (Fsp3) is 0.500. The monoisotopic (exact) mass is 247 g/mol. The molecule has 2 fully saturated rings. The van der Waals surface area contributed by atoms with Crippen LogP contribution in [0, 0.1) is 5.92 Å². The number of hydrogen-bond donors (Lipinski definition) is 1. The minimum atomic E-state index is -0.174. The fourth-order valence-electron chi connectivity index (χ4n) is 3.20. The van der Waals surface area contributed by atoms with E-state index in [1.807, 2.05) is 11.0 Å². The first-order chi connectivity index (χ1) is 8.20. The van der Waals surface area contributed by atoms with Crippen molar-refractivity contribution in [3.05, 3.63) is 35.9 Å². The van der Waals surface area contributed by atoms with Crippen LogP contribution < -0.4 is 0 Å². The van der Waals surface area contributed by atoms with Crippen LogP contribution in [0.3, 0.4) is 0 Å². The zero-order valence-corrected chi connectivity index (χ0v) is 10.7. The van der Waals surface area contributed by atoms with Gasteiger partial charge < -0.3 is 4.90 Å². The Balaban J connectivity index is 1.80. The van der Waals surface area contributed by atoms with Crippen molar-refractivity contribution in [2.45, 2.75) is 30.6 Å². The third kappa shape index (κ3) is 1.77. The molecule has 0 N–H and O–H groups in total. The first-order valence-electron chi connectivity index (χ1n) is 6.27. The van der Waals surface area contributed by atoms with Crippen LogP contribution in [-0.4, -0.2) is 22.2 Å². The van der Waals surface area contributed by atoms with E-state index in [0.717, 1.165) is 25.8 Å². The minimum Gasteiger partial charge on any atom is -0.328 e. The van der Waals surface area contributed by atoms with Crippen LogP contribution in [-0.2, 0) is 11.2 Å². The van der Waals surface area contributed by atoms with Crippen molar-refractivity contribution in [2.75, 3.05) is 6.54 Å². The highest BCUT2D eigenvalue weighted by molar-refractivity contribution is 7.81. The largest absolute Gasteiger partial charge is 0.328 e. The van der Waals surface area contributed by atoms with Gasteiger partial charge >= 0.3 is 0 Å². The van der Waals surface area contributed by atoms with Crippen LogP contribution in [0.5, 0.6) is 0 Å². The van der Waals surface area contributed by atoms with Crippen LogP contribution in [0.25, 0.3) is 0 Å². The molecule has 2 saturated heterocycles. The van der Waals surface area contributed by atoms with Crippen LogP contribution >= 0.6 is 12.6 Å². The van der Waals surface area contributed by atoms with E-state index in [0.29, 0.717) is 12.3 Å². The molecule has 0 saturated carbocycles. The molecule has 1 aromatic carbocycles. The summed E-state index contributed by atoms with van der Waals surface area (Å²) >= 11 is 4.83. The van der Waals surface area contributed by atoms with E-state index in [4.69, 9.17) is 12.6 Å². The van der Waals surface area contributed by atoms with Crippen molar-refractivity contribution in [1.29, 1.82) is 0 Å². The summed E-state index contributed by atoms with van der Waals surface area (Å²) in [4.78, 5) is 13.6. The molecule has 3 rings (SSSR count). The second-order valence-corrected chi connectivity index (χ2v) is 5.87. The Hall–Kier alpha value is -0.960. The summed E-state index contributed by atoms with van der Waals surface area (Å²) in [6, 6.07) is 10.5. The predicted octanol–water partition coefficient (Wildman–Crippen LogP) is 2.50. The van der Waals surface area contributed by atoms with E-state index in [9.17, 15) is 4.79 Å². The Labute approximate surface area is 107 Å². The summed E-state index contributed by atoms with van der Waals surface area (Å²) in [5.41, 5.74) is 1.35. The fourth-order valence-corrected chi connectivity index (χ4v) is 3.74. The molecule has 1 aromatic rings. The molecule has 0 aliphatic carbocycles. The van der Waals surface area contributed by atoms with Gasteiger partial charge in [0.25, 0.3) is 0 Å². The van der Waals surface area contributed by atoms with Gasteiger partial charge in [-0.25, -0.2) is 0 Å². The number of thiol groups is 1. The smallest absolute Gasteiger partial charge is 0.223 e. The topological polar surface area (TPSA) is 20.3 Å². The second kappa shape index (κ2) is 4.05. The van der Waals surface area contributed by atoms with E-state index in [2.05, 4.69) is 24.3 Å². The number of fused-ring (bicyclic) bond motifs is 1. The van der Waals surface area contributed by atoms with E-state index in [-0.39, 0.29) is 10.8 Å². The normalized spacial score (nSPS) is 31.9. The van der Waals surface area contributed by atoms with Crippen molar-refractivity contribution >= 4 is 18.5 Å². The highest BCUT2D eigenvalue weighted by Gasteiger charge is 2.51. The standard InChI is InChI=1S/C14H17NOS/c16-13-6-8-14(17)12(7-9-15(13)14)10-11-4-2-1-3-5-11/h1-5,12,17H,6-10H2. The number of benzene rings is 1. The van der Waals surface area contributed by atoms with Crippen molar-refractivity contribution in [1.82, 2.24) is 4.90 Å². The average Bonchev–Trinajstić information content (AvgIpc) is 2.80. The first kappa shape index (κ1) is 11.1. The van der Waals surface area contributed by atoms with Gasteiger partial charge in [0, 0.05) is 13.0 Å². The molecule has 2 unspecified atom stereocenters. The zero-order valence-electron chi connectivity index (χ0n) is 9.80. The van der Waals surface area contributed by atoms with Gasteiger partial charge in [-0.05, 0) is 30.7 Å². The van der Waals surface area contributed by atoms with Gasteiger partial charge in [-0.15, -0.1) is 0 Å². The molecule has 0 spiro atoms. The lowest BCUT2D eigenvalue weighted by molar-refractivity contribution is -0.128. The molecule has 0 radical (unpaired) electrons. The maximum absolute atomic E-state index is 11.7. The SMILES string of the molecule is O=C1CCC2(S)C(Cc3ccccc3)CCN12. The van der Waals surface area contributed by atoms with Crippen LogP contribution in [0.1, 0.15) is 24.8 Å². The lowest BCUT2D eigenvalue weighted by Gasteiger charge is -2.32. The summed E-state index contributed by atoms with van der Waals surface area (Å²) in [6.07, 6.45) is 3.71. The molecule has 1 amide bonds. The molecule has 3 heteroatoms. The van der Waals surface area contributed by atoms with Gasteiger partial charge in [-0.2, -0.15) is 12.6 Å². The molecular weight excluding hydrogens is 230 g/mol. The van der Waals surface area contributed by atoms with Gasteiger partial charge in [0.05, 0.1) is 4.87 Å². The summed E-state index contributed by atoms with van der Waals surface area (Å²) in [5, 5.41) is 0. The minimum absolute atomic E-state index is 0.174. The van der Waals surface area contributed by atoms with Gasteiger partial charge in [-0.3, -0.25) is 4.79 Å². The Morgan fingerprint density at radius 2 is 2.12 bits per heavy atom. The Bertz CT molecular complexity index is 433. The summed E-state index contributed by atoms with van der Waals surface area (Å²) in [7, 11) is 0. The molecule has 0 bridgehead atoms. The predicted molar refractivity (Wildman–Crippen MR) is 70.9 cm³/mol. The third-order valence-electron chi connectivity index (χ3n) is 4.16. The van der Waals surface area contributed by atoms with Gasteiger partial charge in [0.15, 0.2) is 0 Å². The van der Waals surface area contributed by atoms with E-state index < -0.39 is 0 Å². The lowest BCUT2D eigenvalue weighted by atomic mass is 9.90. The van der Waals surface area contributed by atoms with Crippen molar-refractivity contribution in [3.8, 4) is 0 Å². The van der Waals surface area contributed by atoms with E-state index >= 15 is 0 Å². The maximum Gasteiger partial charge on any atom is 0.223 e. The quantitative estimate of drug-likeness (QED) is 0.796. The Kier molecular flexibility index (Phi) is 2.66. The summed E-state index contributed by atoms with van der Waals surface area (Å²) in [5.74, 6) is 0.787. The number of amides is 1. The van der Waals surface area contributed by atoms with Crippen molar-refractivity contribution in [3.63, 3.8) is 0 Å². The molecule has 2 nitrogen and oxygen atoms in total. The lowest BCUT2D eigenvalue weighted by Crippen LogP contribution is -2.40. The number of carbonyl (C=O) groups excluding carboxylic acids is 1. The third-order valence-corrected chi connectivity index (χ3v) is 4.99. The van der Waals surface area contributed by atoms with Crippen LogP contribution in [0.2, 0.25) is 0 Å².